The summed E-state index contributed by atoms with van der Waals surface area (Å²) in [5, 5.41) is 6.77. The minimum absolute atomic E-state index is 0.0899. The van der Waals surface area contributed by atoms with E-state index >= 15 is 0 Å². The van der Waals surface area contributed by atoms with Crippen LogP contribution in [0.5, 0.6) is 0 Å². The Hall–Kier alpha value is -4.12. The minimum Gasteiger partial charge on any atom is -0.359 e. The molecule has 2 aromatic heterocycles. The predicted molar refractivity (Wildman–Crippen MR) is 131 cm³/mol. The molecule has 0 aliphatic rings. The van der Waals surface area contributed by atoms with Crippen molar-refractivity contribution in [3.8, 4) is 0 Å². The van der Waals surface area contributed by atoms with Gasteiger partial charge < -0.3 is 20.6 Å². The molecule has 176 valence electrons. The van der Waals surface area contributed by atoms with Crippen molar-refractivity contribution in [3.05, 3.63) is 70.1 Å². The summed E-state index contributed by atoms with van der Waals surface area (Å²) < 4.78 is 25.0. The lowest BCUT2D eigenvalue weighted by atomic mass is 10.1. The summed E-state index contributed by atoms with van der Waals surface area (Å²) in [5.41, 5.74) is 3.10. The number of nitrogens with one attached hydrogen (secondary N) is 5. The third kappa shape index (κ3) is 5.09. The van der Waals surface area contributed by atoms with E-state index in [0.29, 0.717) is 44.3 Å². The van der Waals surface area contributed by atoms with Crippen LogP contribution in [-0.4, -0.2) is 43.5 Å². The Kier molecular flexibility index (Phi) is 6.12. The SMILES string of the molecule is CNC(=O)Cc1c[nH]c(=O)c2[nH]c3ccc(NC(=O)Cc4ccc(NS(C)(=O)=O)cc4)cc3c12. The van der Waals surface area contributed by atoms with Crippen molar-refractivity contribution in [2.45, 2.75) is 12.8 Å². The van der Waals surface area contributed by atoms with E-state index in [-0.39, 0.29) is 30.2 Å². The van der Waals surface area contributed by atoms with Crippen molar-refractivity contribution in [2.24, 2.45) is 0 Å². The Bertz CT molecular complexity index is 1570. The van der Waals surface area contributed by atoms with Crippen LogP contribution in [0, 0.1) is 0 Å². The molecule has 0 spiro atoms. The molecule has 5 N–H and O–H groups in total. The minimum atomic E-state index is -3.37. The van der Waals surface area contributed by atoms with Gasteiger partial charge in [-0.05, 0) is 41.5 Å². The van der Waals surface area contributed by atoms with Gasteiger partial charge in [-0.15, -0.1) is 0 Å². The number of likely N-dealkylation sites (N-methyl/N-ethyl adjacent to an activating group) is 1. The normalized spacial score (nSPS) is 11.5. The molecule has 0 aliphatic heterocycles. The maximum atomic E-state index is 12.6. The molecule has 4 aromatic rings. The zero-order valence-electron chi connectivity index (χ0n) is 18.5. The fraction of sp³-hybridized carbons (Fsp3) is 0.174. The summed E-state index contributed by atoms with van der Waals surface area (Å²) in [6.45, 7) is 0. The highest BCUT2D eigenvalue weighted by molar-refractivity contribution is 7.92. The number of fused-ring (bicyclic) bond motifs is 3. The first-order chi connectivity index (χ1) is 16.1. The van der Waals surface area contributed by atoms with Crippen LogP contribution in [0.2, 0.25) is 0 Å². The van der Waals surface area contributed by atoms with Crippen molar-refractivity contribution >= 4 is 55.0 Å². The number of hydrogen-bond acceptors (Lipinski definition) is 5. The van der Waals surface area contributed by atoms with E-state index in [4.69, 9.17) is 0 Å². The number of anilines is 2. The molecule has 4 rings (SSSR count). The number of benzene rings is 2. The molecular formula is C23H23N5O5S. The maximum absolute atomic E-state index is 12.6. The Balaban J connectivity index is 1.58. The van der Waals surface area contributed by atoms with Crippen LogP contribution < -0.4 is 20.9 Å². The van der Waals surface area contributed by atoms with E-state index in [2.05, 4.69) is 25.3 Å². The van der Waals surface area contributed by atoms with E-state index in [1.165, 1.54) is 6.20 Å². The largest absolute Gasteiger partial charge is 0.359 e. The van der Waals surface area contributed by atoms with Crippen molar-refractivity contribution in [1.29, 1.82) is 0 Å². The van der Waals surface area contributed by atoms with E-state index < -0.39 is 10.0 Å². The molecule has 0 saturated heterocycles. The van der Waals surface area contributed by atoms with Gasteiger partial charge in [-0.2, -0.15) is 0 Å². The first-order valence-electron chi connectivity index (χ1n) is 10.4. The number of amides is 2. The van der Waals surface area contributed by atoms with Crippen LogP contribution in [0.1, 0.15) is 11.1 Å². The van der Waals surface area contributed by atoms with Gasteiger partial charge in [-0.25, -0.2) is 8.42 Å². The second-order valence-electron chi connectivity index (χ2n) is 7.92. The number of aromatic amines is 2. The summed E-state index contributed by atoms with van der Waals surface area (Å²) in [7, 11) is -1.83. The third-order valence-electron chi connectivity index (χ3n) is 5.26. The molecule has 2 heterocycles. The van der Waals surface area contributed by atoms with Crippen LogP contribution in [0.4, 0.5) is 11.4 Å². The number of aromatic nitrogens is 2. The van der Waals surface area contributed by atoms with Crippen molar-refractivity contribution in [1.82, 2.24) is 15.3 Å². The Morgan fingerprint density at radius 2 is 1.68 bits per heavy atom. The lowest BCUT2D eigenvalue weighted by Crippen LogP contribution is -2.20. The Morgan fingerprint density at radius 1 is 0.971 bits per heavy atom. The zero-order chi connectivity index (χ0) is 24.5. The average molecular weight is 482 g/mol. The highest BCUT2D eigenvalue weighted by Gasteiger charge is 2.15. The topological polar surface area (TPSA) is 153 Å². The van der Waals surface area contributed by atoms with Gasteiger partial charge in [-0.3, -0.25) is 19.1 Å². The molecule has 0 radical (unpaired) electrons. The van der Waals surface area contributed by atoms with Crippen LogP contribution in [0.15, 0.2) is 53.5 Å². The van der Waals surface area contributed by atoms with Gasteiger partial charge in [0.05, 0.1) is 19.1 Å². The number of carbonyl (C=O) groups is 2. The summed E-state index contributed by atoms with van der Waals surface area (Å²) >= 11 is 0. The fourth-order valence-corrected chi connectivity index (χ4v) is 4.33. The molecule has 0 saturated carbocycles. The zero-order valence-corrected chi connectivity index (χ0v) is 19.3. The van der Waals surface area contributed by atoms with Crippen LogP contribution in [-0.2, 0) is 32.5 Å². The van der Waals surface area contributed by atoms with Crippen molar-refractivity contribution in [3.63, 3.8) is 0 Å². The average Bonchev–Trinajstić information content (AvgIpc) is 3.16. The summed E-state index contributed by atoms with van der Waals surface area (Å²) in [5.74, 6) is -0.448. The molecule has 0 aliphatic carbocycles. The number of rotatable bonds is 7. The summed E-state index contributed by atoms with van der Waals surface area (Å²) in [6.07, 6.45) is 2.78. The maximum Gasteiger partial charge on any atom is 0.272 e. The summed E-state index contributed by atoms with van der Waals surface area (Å²) in [4.78, 5) is 42.6. The summed E-state index contributed by atoms with van der Waals surface area (Å²) in [6, 6.07) is 11.8. The first kappa shape index (κ1) is 23.1. The van der Waals surface area contributed by atoms with Crippen molar-refractivity contribution in [2.75, 3.05) is 23.3 Å². The van der Waals surface area contributed by atoms with E-state index in [0.717, 1.165) is 6.26 Å². The van der Waals surface area contributed by atoms with Gasteiger partial charge in [0.2, 0.25) is 21.8 Å². The Morgan fingerprint density at radius 3 is 2.35 bits per heavy atom. The monoisotopic (exact) mass is 481 g/mol. The van der Waals surface area contributed by atoms with E-state index in [1.807, 2.05) is 0 Å². The molecule has 0 bridgehead atoms. The number of carbonyl (C=O) groups excluding carboxylic acids is 2. The molecule has 0 atom stereocenters. The predicted octanol–water partition coefficient (Wildman–Crippen LogP) is 1.85. The molecule has 2 aromatic carbocycles. The number of hydrogen-bond donors (Lipinski definition) is 5. The molecule has 34 heavy (non-hydrogen) atoms. The number of pyridine rings is 1. The highest BCUT2D eigenvalue weighted by atomic mass is 32.2. The second-order valence-corrected chi connectivity index (χ2v) is 9.67. The molecule has 2 amide bonds. The molecule has 11 heteroatoms. The molecule has 0 fully saturated rings. The molecular weight excluding hydrogens is 458 g/mol. The quantitative estimate of drug-likeness (QED) is 0.273. The second kappa shape index (κ2) is 9.02. The lowest BCUT2D eigenvalue weighted by Gasteiger charge is -2.08. The number of sulfonamides is 1. The van der Waals surface area contributed by atoms with Crippen molar-refractivity contribution < 1.29 is 18.0 Å². The van der Waals surface area contributed by atoms with E-state index in [1.54, 1.807) is 49.5 Å². The van der Waals surface area contributed by atoms with Gasteiger partial charge in [-0.1, -0.05) is 12.1 Å². The lowest BCUT2D eigenvalue weighted by molar-refractivity contribution is -0.120. The molecule has 0 unspecified atom stereocenters. The smallest absolute Gasteiger partial charge is 0.272 e. The van der Waals surface area contributed by atoms with Crippen LogP contribution >= 0.6 is 0 Å². The van der Waals surface area contributed by atoms with Gasteiger partial charge in [0.1, 0.15) is 5.52 Å². The van der Waals surface area contributed by atoms with Crippen LogP contribution in [0.25, 0.3) is 21.8 Å². The van der Waals surface area contributed by atoms with Gasteiger partial charge in [0.25, 0.3) is 5.56 Å². The van der Waals surface area contributed by atoms with Gasteiger partial charge >= 0.3 is 0 Å². The third-order valence-corrected chi connectivity index (χ3v) is 5.87. The number of H-pyrrole nitrogens is 2. The fourth-order valence-electron chi connectivity index (χ4n) is 3.77. The van der Waals surface area contributed by atoms with Crippen LogP contribution in [0.3, 0.4) is 0 Å². The highest BCUT2D eigenvalue weighted by Crippen LogP contribution is 2.29. The first-order valence-corrected chi connectivity index (χ1v) is 12.3. The Labute approximate surface area is 194 Å². The van der Waals surface area contributed by atoms with Gasteiger partial charge in [0.15, 0.2) is 0 Å². The van der Waals surface area contributed by atoms with Gasteiger partial charge in [0, 0.05) is 40.9 Å². The standard InChI is InChI=1S/C23H23N5O5S/c1-24-19(29)10-14-12-25-23(31)22-21(14)17-11-16(7-8-18(17)27-22)26-20(30)9-13-3-5-15(6-4-13)28-34(2,32)33/h3-8,11-12,27-28H,9-10H2,1-2H3,(H,24,29)(H,25,31)(H,26,30). The van der Waals surface area contributed by atoms with E-state index in [9.17, 15) is 22.8 Å². The molecule has 10 nitrogen and oxygen atoms in total.